The molecule has 0 atom stereocenters. The smallest absolute Gasteiger partial charge is 0.232 e. The zero-order valence-electron chi connectivity index (χ0n) is 10.1. The Balaban J connectivity index is 2.02. The zero-order valence-corrected chi connectivity index (χ0v) is 10.1. The maximum Gasteiger partial charge on any atom is 0.232 e. The molecule has 0 amide bonds. The molecule has 1 aliphatic carbocycles. The van der Waals surface area contributed by atoms with Gasteiger partial charge in [-0.05, 0) is 31.6 Å². The molecule has 0 radical (unpaired) electrons. The van der Waals surface area contributed by atoms with Crippen molar-refractivity contribution in [2.45, 2.75) is 44.9 Å². The summed E-state index contributed by atoms with van der Waals surface area (Å²) >= 11 is 0. The zero-order chi connectivity index (χ0) is 11.4. The fourth-order valence-corrected chi connectivity index (χ4v) is 2.52. The molecule has 0 saturated heterocycles. The van der Waals surface area contributed by atoms with E-state index in [4.69, 9.17) is 4.74 Å². The van der Waals surface area contributed by atoms with Gasteiger partial charge in [-0.15, -0.1) is 0 Å². The molecule has 0 N–H and O–H groups in total. The molecule has 0 spiro atoms. The first kappa shape index (κ1) is 11.4. The SMILES string of the molecule is CCC1CCC(c2cncc(OC)n2)CC1. The predicted molar refractivity (Wildman–Crippen MR) is 63.6 cm³/mol. The van der Waals surface area contributed by atoms with Gasteiger partial charge in [-0.2, -0.15) is 0 Å². The minimum atomic E-state index is 0.588. The van der Waals surface area contributed by atoms with Crippen molar-refractivity contribution in [1.29, 1.82) is 0 Å². The van der Waals surface area contributed by atoms with Gasteiger partial charge in [-0.25, -0.2) is 4.98 Å². The molecule has 16 heavy (non-hydrogen) atoms. The standard InChI is InChI=1S/C13H20N2O/c1-3-10-4-6-11(7-5-10)12-8-14-9-13(15-12)16-2/h8-11H,3-7H2,1-2H3. The van der Waals surface area contributed by atoms with Gasteiger partial charge < -0.3 is 4.74 Å². The monoisotopic (exact) mass is 220 g/mol. The van der Waals surface area contributed by atoms with E-state index in [1.807, 2.05) is 6.20 Å². The Kier molecular flexibility index (Phi) is 3.75. The van der Waals surface area contributed by atoms with E-state index in [0.29, 0.717) is 11.8 Å². The maximum absolute atomic E-state index is 5.11. The van der Waals surface area contributed by atoms with Gasteiger partial charge in [0.05, 0.1) is 19.0 Å². The molecule has 1 fully saturated rings. The lowest BCUT2D eigenvalue weighted by atomic mass is 9.79. The molecule has 0 aliphatic heterocycles. The fraction of sp³-hybridized carbons (Fsp3) is 0.692. The Morgan fingerprint density at radius 3 is 2.62 bits per heavy atom. The third-order valence-electron chi connectivity index (χ3n) is 3.68. The number of ether oxygens (including phenoxy) is 1. The molecule has 1 aromatic rings. The molecule has 0 aromatic carbocycles. The Bertz CT molecular complexity index is 332. The van der Waals surface area contributed by atoms with E-state index in [1.165, 1.54) is 32.1 Å². The van der Waals surface area contributed by atoms with Crippen LogP contribution in [0.5, 0.6) is 5.88 Å². The minimum Gasteiger partial charge on any atom is -0.480 e. The summed E-state index contributed by atoms with van der Waals surface area (Å²) < 4.78 is 5.11. The Morgan fingerprint density at radius 2 is 2.00 bits per heavy atom. The van der Waals surface area contributed by atoms with Gasteiger partial charge in [0, 0.05) is 12.1 Å². The molecule has 1 aromatic heterocycles. The molecule has 88 valence electrons. The normalized spacial score (nSPS) is 25.4. The van der Waals surface area contributed by atoms with Crippen LogP contribution in [0.3, 0.4) is 0 Å². The van der Waals surface area contributed by atoms with Gasteiger partial charge in [-0.3, -0.25) is 4.98 Å². The van der Waals surface area contributed by atoms with Crippen molar-refractivity contribution in [2.75, 3.05) is 7.11 Å². The van der Waals surface area contributed by atoms with Crippen LogP contribution < -0.4 is 4.74 Å². The van der Waals surface area contributed by atoms with Gasteiger partial charge in [0.2, 0.25) is 5.88 Å². The third-order valence-corrected chi connectivity index (χ3v) is 3.68. The highest BCUT2D eigenvalue weighted by atomic mass is 16.5. The molecule has 1 aliphatic rings. The summed E-state index contributed by atoms with van der Waals surface area (Å²) in [6.07, 6.45) is 10.0. The van der Waals surface area contributed by atoms with Crippen LogP contribution in [0.1, 0.15) is 50.6 Å². The van der Waals surface area contributed by atoms with Crippen LogP contribution in [0.2, 0.25) is 0 Å². The molecule has 1 saturated carbocycles. The molecular weight excluding hydrogens is 200 g/mol. The summed E-state index contributed by atoms with van der Waals surface area (Å²) in [5, 5.41) is 0. The lowest BCUT2D eigenvalue weighted by Gasteiger charge is -2.27. The number of hydrogen-bond donors (Lipinski definition) is 0. The van der Waals surface area contributed by atoms with E-state index in [1.54, 1.807) is 13.3 Å². The molecular formula is C13H20N2O. The Labute approximate surface area is 97.3 Å². The highest BCUT2D eigenvalue weighted by molar-refractivity contribution is 5.12. The van der Waals surface area contributed by atoms with Gasteiger partial charge in [0.15, 0.2) is 0 Å². The first-order chi connectivity index (χ1) is 7.83. The van der Waals surface area contributed by atoms with Crippen LogP contribution in [0.25, 0.3) is 0 Å². The second-order valence-corrected chi connectivity index (χ2v) is 4.61. The quantitative estimate of drug-likeness (QED) is 0.784. The summed E-state index contributed by atoms with van der Waals surface area (Å²) in [4.78, 5) is 8.66. The first-order valence-corrected chi connectivity index (χ1v) is 6.19. The molecule has 3 heteroatoms. The van der Waals surface area contributed by atoms with E-state index in [-0.39, 0.29) is 0 Å². The molecule has 3 nitrogen and oxygen atoms in total. The number of rotatable bonds is 3. The van der Waals surface area contributed by atoms with E-state index in [2.05, 4.69) is 16.9 Å². The average molecular weight is 220 g/mol. The van der Waals surface area contributed by atoms with E-state index in [9.17, 15) is 0 Å². The fourth-order valence-electron chi connectivity index (χ4n) is 2.52. The van der Waals surface area contributed by atoms with Gasteiger partial charge in [-0.1, -0.05) is 13.3 Å². The highest BCUT2D eigenvalue weighted by Gasteiger charge is 2.22. The van der Waals surface area contributed by atoms with Crippen LogP contribution in [-0.2, 0) is 0 Å². The van der Waals surface area contributed by atoms with Crippen LogP contribution in [0.15, 0.2) is 12.4 Å². The van der Waals surface area contributed by atoms with Gasteiger partial charge in [0.25, 0.3) is 0 Å². The van der Waals surface area contributed by atoms with Crippen molar-refractivity contribution in [3.8, 4) is 5.88 Å². The second kappa shape index (κ2) is 5.28. The number of nitrogens with zero attached hydrogens (tertiary/aromatic N) is 2. The van der Waals surface area contributed by atoms with Gasteiger partial charge in [0.1, 0.15) is 0 Å². The van der Waals surface area contributed by atoms with Crippen LogP contribution in [0.4, 0.5) is 0 Å². The first-order valence-electron chi connectivity index (χ1n) is 6.19. The molecule has 0 bridgehead atoms. The van der Waals surface area contributed by atoms with Crippen LogP contribution in [0, 0.1) is 5.92 Å². The van der Waals surface area contributed by atoms with Crippen LogP contribution in [-0.4, -0.2) is 17.1 Å². The minimum absolute atomic E-state index is 0.588. The summed E-state index contributed by atoms with van der Waals surface area (Å²) in [5.41, 5.74) is 1.11. The molecule has 1 heterocycles. The Hall–Kier alpha value is -1.12. The van der Waals surface area contributed by atoms with Gasteiger partial charge >= 0.3 is 0 Å². The average Bonchev–Trinajstić information content (AvgIpc) is 2.39. The maximum atomic E-state index is 5.11. The van der Waals surface area contributed by atoms with Crippen molar-refractivity contribution >= 4 is 0 Å². The predicted octanol–water partition coefficient (Wildman–Crippen LogP) is 3.17. The van der Waals surface area contributed by atoms with Crippen molar-refractivity contribution in [2.24, 2.45) is 5.92 Å². The summed E-state index contributed by atoms with van der Waals surface area (Å²) in [7, 11) is 1.64. The Morgan fingerprint density at radius 1 is 1.25 bits per heavy atom. The molecule has 0 unspecified atom stereocenters. The number of aromatic nitrogens is 2. The summed E-state index contributed by atoms with van der Waals surface area (Å²) in [6, 6.07) is 0. The summed E-state index contributed by atoms with van der Waals surface area (Å²) in [6.45, 7) is 2.29. The van der Waals surface area contributed by atoms with E-state index < -0.39 is 0 Å². The topological polar surface area (TPSA) is 35.0 Å². The largest absolute Gasteiger partial charge is 0.480 e. The molecule has 2 rings (SSSR count). The third kappa shape index (κ3) is 2.52. The lowest BCUT2D eigenvalue weighted by molar-refractivity contribution is 0.312. The van der Waals surface area contributed by atoms with Crippen molar-refractivity contribution in [1.82, 2.24) is 9.97 Å². The van der Waals surface area contributed by atoms with Crippen LogP contribution >= 0.6 is 0 Å². The number of hydrogen-bond acceptors (Lipinski definition) is 3. The van der Waals surface area contributed by atoms with E-state index >= 15 is 0 Å². The van der Waals surface area contributed by atoms with Crippen molar-refractivity contribution < 1.29 is 4.74 Å². The number of methoxy groups -OCH3 is 1. The summed E-state index contributed by atoms with van der Waals surface area (Å²) in [5.74, 6) is 2.15. The van der Waals surface area contributed by atoms with Crippen molar-refractivity contribution in [3.05, 3.63) is 18.1 Å². The van der Waals surface area contributed by atoms with Crippen molar-refractivity contribution in [3.63, 3.8) is 0 Å². The lowest BCUT2D eigenvalue weighted by Crippen LogP contribution is -2.14. The second-order valence-electron chi connectivity index (χ2n) is 4.61. The highest BCUT2D eigenvalue weighted by Crippen LogP contribution is 2.36. The van der Waals surface area contributed by atoms with E-state index in [0.717, 1.165) is 11.6 Å².